The van der Waals surface area contributed by atoms with Crippen LogP contribution in [0.4, 0.5) is 5.69 Å². The van der Waals surface area contributed by atoms with Crippen molar-refractivity contribution in [3.8, 4) is 0 Å². The molecule has 2 rings (SSSR count). The first-order chi connectivity index (χ1) is 9.97. The zero-order valence-corrected chi connectivity index (χ0v) is 13.4. The molecule has 0 aliphatic rings. The maximum atomic E-state index is 12.0. The van der Waals surface area contributed by atoms with Crippen LogP contribution >= 0.6 is 34.8 Å². The number of ketones is 1. The van der Waals surface area contributed by atoms with E-state index in [9.17, 15) is 4.79 Å². The Balaban J connectivity index is 2.04. The van der Waals surface area contributed by atoms with Crippen molar-refractivity contribution >= 4 is 46.3 Å². The van der Waals surface area contributed by atoms with Crippen molar-refractivity contribution in [1.82, 2.24) is 0 Å². The Kier molecular flexibility index (Phi) is 5.29. The minimum atomic E-state index is -0.167. The number of anilines is 1. The zero-order valence-electron chi connectivity index (χ0n) is 11.2. The molecule has 0 aromatic heterocycles. The fraction of sp³-hybridized carbons (Fsp3) is 0.0625. The minimum Gasteiger partial charge on any atom is -0.362 e. The lowest BCUT2D eigenvalue weighted by Crippen LogP contribution is -1.96. The smallest absolute Gasteiger partial charge is 0.187 e. The summed E-state index contributed by atoms with van der Waals surface area (Å²) < 4.78 is 0. The van der Waals surface area contributed by atoms with Gasteiger partial charge in [-0.15, -0.1) is 0 Å². The van der Waals surface area contributed by atoms with Gasteiger partial charge in [-0.1, -0.05) is 40.9 Å². The van der Waals surface area contributed by atoms with E-state index in [1.165, 1.54) is 6.08 Å². The van der Waals surface area contributed by atoms with Crippen LogP contribution in [0.15, 0.2) is 48.7 Å². The predicted molar refractivity (Wildman–Crippen MR) is 89.7 cm³/mol. The molecule has 21 heavy (non-hydrogen) atoms. The van der Waals surface area contributed by atoms with Crippen LogP contribution in [-0.2, 0) is 0 Å². The summed E-state index contributed by atoms with van der Waals surface area (Å²) >= 11 is 17.7. The number of benzene rings is 2. The molecule has 0 saturated heterocycles. The largest absolute Gasteiger partial charge is 0.362 e. The zero-order chi connectivity index (χ0) is 15.4. The molecule has 0 aliphatic carbocycles. The van der Waals surface area contributed by atoms with Crippen molar-refractivity contribution in [1.29, 1.82) is 0 Å². The number of hydrogen-bond donors (Lipinski definition) is 1. The Hall–Kier alpha value is -1.48. The summed E-state index contributed by atoms with van der Waals surface area (Å²) in [5.41, 5.74) is 2.28. The van der Waals surface area contributed by atoms with Crippen molar-refractivity contribution in [3.05, 3.63) is 74.9 Å². The van der Waals surface area contributed by atoms with Crippen molar-refractivity contribution in [3.63, 3.8) is 0 Å². The fourth-order valence-corrected chi connectivity index (χ4v) is 2.12. The lowest BCUT2D eigenvalue weighted by molar-refractivity contribution is 0.104. The van der Waals surface area contributed by atoms with Gasteiger partial charge in [-0.25, -0.2) is 0 Å². The van der Waals surface area contributed by atoms with Gasteiger partial charge < -0.3 is 5.32 Å². The molecule has 1 N–H and O–H groups in total. The number of hydrogen-bond acceptors (Lipinski definition) is 2. The Morgan fingerprint density at radius 1 is 1.00 bits per heavy atom. The Morgan fingerprint density at radius 3 is 2.43 bits per heavy atom. The van der Waals surface area contributed by atoms with Gasteiger partial charge in [-0.2, -0.15) is 0 Å². The molecule has 108 valence electrons. The fourth-order valence-electron chi connectivity index (χ4n) is 1.64. The number of rotatable bonds is 4. The van der Waals surface area contributed by atoms with Crippen LogP contribution < -0.4 is 5.32 Å². The summed E-state index contributed by atoms with van der Waals surface area (Å²) in [5, 5.41) is 4.44. The maximum absolute atomic E-state index is 12.0. The summed E-state index contributed by atoms with van der Waals surface area (Å²) in [6.45, 7) is 1.93. The highest BCUT2D eigenvalue weighted by Gasteiger charge is 2.05. The summed E-state index contributed by atoms with van der Waals surface area (Å²) in [6, 6.07) is 10.3. The quantitative estimate of drug-likeness (QED) is 0.566. The highest BCUT2D eigenvalue weighted by molar-refractivity contribution is 6.42. The molecular weight excluding hydrogens is 329 g/mol. The Bertz CT molecular complexity index is 711. The normalized spacial score (nSPS) is 10.9. The molecule has 0 bridgehead atoms. The van der Waals surface area contributed by atoms with Crippen LogP contribution in [0.2, 0.25) is 15.1 Å². The van der Waals surface area contributed by atoms with E-state index >= 15 is 0 Å². The second-order valence-corrected chi connectivity index (χ2v) is 5.66. The topological polar surface area (TPSA) is 29.1 Å². The predicted octanol–water partition coefficient (Wildman–Crippen LogP) is 5.76. The van der Waals surface area contributed by atoms with E-state index in [0.29, 0.717) is 20.6 Å². The van der Waals surface area contributed by atoms with Gasteiger partial charge in [0.15, 0.2) is 5.78 Å². The average molecular weight is 341 g/mol. The standard InChI is InChI=1S/C16H12Cl3NO/c1-10-2-4-12(9-14(10)18)20-7-6-16(21)11-3-5-13(17)15(19)8-11/h2-9,20H,1H3/b7-6+. The second kappa shape index (κ2) is 6.99. The highest BCUT2D eigenvalue weighted by Crippen LogP contribution is 2.23. The van der Waals surface area contributed by atoms with Crippen LogP contribution in [0.25, 0.3) is 0 Å². The Labute approximate surface area is 138 Å². The molecule has 5 heteroatoms. The van der Waals surface area contributed by atoms with Crippen LogP contribution in [0.5, 0.6) is 0 Å². The maximum Gasteiger partial charge on any atom is 0.187 e. The number of carbonyl (C=O) groups excluding carboxylic acids is 1. The molecule has 0 aliphatic heterocycles. The number of allylic oxidation sites excluding steroid dienone is 1. The van der Waals surface area contributed by atoms with Crippen LogP contribution in [-0.4, -0.2) is 5.78 Å². The third-order valence-corrected chi connectivity index (χ3v) is 4.01. The van der Waals surface area contributed by atoms with Crippen molar-refractivity contribution in [2.45, 2.75) is 6.92 Å². The molecule has 0 fully saturated rings. The molecule has 2 nitrogen and oxygen atoms in total. The average Bonchev–Trinajstić information content (AvgIpc) is 2.45. The molecule has 0 amide bonds. The summed E-state index contributed by atoms with van der Waals surface area (Å²) in [7, 11) is 0. The van der Waals surface area contributed by atoms with Crippen LogP contribution in [0.1, 0.15) is 15.9 Å². The van der Waals surface area contributed by atoms with E-state index < -0.39 is 0 Å². The highest BCUT2D eigenvalue weighted by atomic mass is 35.5. The SMILES string of the molecule is Cc1ccc(N/C=C/C(=O)c2ccc(Cl)c(Cl)c2)cc1Cl. The van der Waals surface area contributed by atoms with E-state index in [1.54, 1.807) is 30.5 Å². The number of aryl methyl sites for hydroxylation is 1. The van der Waals surface area contributed by atoms with Gasteiger partial charge in [0.05, 0.1) is 10.0 Å². The Morgan fingerprint density at radius 2 is 1.76 bits per heavy atom. The summed E-state index contributed by atoms with van der Waals surface area (Å²) in [6.07, 6.45) is 2.99. The van der Waals surface area contributed by atoms with Crippen molar-refractivity contribution < 1.29 is 4.79 Å². The first-order valence-electron chi connectivity index (χ1n) is 6.16. The van der Waals surface area contributed by atoms with Gasteiger partial charge in [-0.05, 0) is 42.8 Å². The van der Waals surface area contributed by atoms with Gasteiger partial charge in [0.2, 0.25) is 0 Å². The molecule has 0 heterocycles. The molecule has 0 spiro atoms. The van der Waals surface area contributed by atoms with Crippen molar-refractivity contribution in [2.75, 3.05) is 5.32 Å². The molecule has 0 unspecified atom stereocenters. The number of carbonyl (C=O) groups is 1. The summed E-state index contributed by atoms with van der Waals surface area (Å²) in [5.74, 6) is -0.167. The third kappa shape index (κ3) is 4.24. The lowest BCUT2D eigenvalue weighted by Gasteiger charge is -2.03. The van der Waals surface area contributed by atoms with Gasteiger partial charge in [0.25, 0.3) is 0 Å². The first-order valence-corrected chi connectivity index (χ1v) is 7.29. The van der Waals surface area contributed by atoms with E-state index in [-0.39, 0.29) is 5.78 Å². The van der Waals surface area contributed by atoms with Gasteiger partial charge in [0.1, 0.15) is 0 Å². The number of nitrogens with one attached hydrogen (secondary N) is 1. The molecule has 0 radical (unpaired) electrons. The third-order valence-electron chi connectivity index (χ3n) is 2.86. The van der Waals surface area contributed by atoms with E-state index in [0.717, 1.165) is 11.3 Å². The number of halogens is 3. The lowest BCUT2D eigenvalue weighted by atomic mass is 10.1. The minimum absolute atomic E-state index is 0.167. The monoisotopic (exact) mass is 339 g/mol. The first kappa shape index (κ1) is 15.9. The van der Waals surface area contributed by atoms with E-state index in [2.05, 4.69) is 5.32 Å². The van der Waals surface area contributed by atoms with E-state index in [1.807, 2.05) is 19.1 Å². The van der Waals surface area contributed by atoms with Crippen LogP contribution in [0.3, 0.4) is 0 Å². The van der Waals surface area contributed by atoms with Gasteiger partial charge in [-0.3, -0.25) is 4.79 Å². The molecule has 0 atom stereocenters. The molecule has 0 saturated carbocycles. The molecular formula is C16H12Cl3NO. The molecule has 2 aromatic carbocycles. The second-order valence-electron chi connectivity index (χ2n) is 4.43. The van der Waals surface area contributed by atoms with E-state index in [4.69, 9.17) is 34.8 Å². The van der Waals surface area contributed by atoms with Crippen LogP contribution in [0, 0.1) is 6.92 Å². The molecule has 2 aromatic rings. The van der Waals surface area contributed by atoms with Crippen molar-refractivity contribution in [2.24, 2.45) is 0 Å². The summed E-state index contributed by atoms with van der Waals surface area (Å²) in [4.78, 5) is 12.0. The van der Waals surface area contributed by atoms with Gasteiger partial charge in [0, 0.05) is 28.5 Å². The van der Waals surface area contributed by atoms with Gasteiger partial charge >= 0.3 is 0 Å².